The van der Waals surface area contributed by atoms with Crippen molar-refractivity contribution >= 4 is 5.97 Å². The van der Waals surface area contributed by atoms with Crippen molar-refractivity contribution in [2.45, 2.75) is 25.4 Å². The van der Waals surface area contributed by atoms with Crippen molar-refractivity contribution < 1.29 is 35.9 Å². The summed E-state index contributed by atoms with van der Waals surface area (Å²) in [7, 11) is 0. The third-order valence-corrected chi connectivity index (χ3v) is 1.22. The van der Waals surface area contributed by atoms with Gasteiger partial charge in [-0.2, -0.15) is 17.6 Å². The van der Waals surface area contributed by atoms with Crippen molar-refractivity contribution in [1.82, 2.24) is 0 Å². The molecule has 2 nitrogen and oxygen atoms in total. The van der Waals surface area contributed by atoms with Crippen LogP contribution in [0.1, 0.15) is 6.92 Å². The number of esters is 1. The standard InChI is InChI=1S/C7H6F6O2/c1-2-3-4(14)15-6(10,5(8)9)7(11,12)13/h2-3,5H,1H3/b3-2+/t6-/m1/s1. The lowest BCUT2D eigenvalue weighted by molar-refractivity contribution is -0.354. The zero-order valence-corrected chi connectivity index (χ0v) is 7.32. The summed E-state index contributed by atoms with van der Waals surface area (Å²) in [4.78, 5) is 10.4. The third kappa shape index (κ3) is 3.14. The first-order valence-electron chi connectivity index (χ1n) is 3.54. The number of allylic oxidation sites excluding steroid dienone is 1. The van der Waals surface area contributed by atoms with Crippen LogP contribution in [-0.4, -0.2) is 24.4 Å². The summed E-state index contributed by atoms with van der Waals surface area (Å²) in [5, 5.41) is 0. The van der Waals surface area contributed by atoms with Crippen molar-refractivity contribution in [2.24, 2.45) is 0 Å². The maximum Gasteiger partial charge on any atom is 0.466 e. The molecular formula is C7H6F6O2. The molecule has 0 aromatic heterocycles. The Labute approximate surface area is 80.5 Å². The highest BCUT2D eigenvalue weighted by Gasteiger charge is 2.66. The first-order valence-corrected chi connectivity index (χ1v) is 3.54. The number of carbonyl (C=O) groups excluding carboxylic acids is 1. The zero-order chi connectivity index (χ0) is 12.3. The van der Waals surface area contributed by atoms with E-state index in [9.17, 15) is 31.1 Å². The molecule has 0 saturated carbocycles. The lowest BCUT2D eigenvalue weighted by Crippen LogP contribution is -2.50. The van der Waals surface area contributed by atoms with Gasteiger partial charge >= 0.3 is 24.4 Å². The average Bonchev–Trinajstić information content (AvgIpc) is 2.01. The number of carbonyl (C=O) groups is 1. The van der Waals surface area contributed by atoms with Gasteiger partial charge in [-0.3, -0.25) is 0 Å². The molecular weight excluding hydrogens is 230 g/mol. The zero-order valence-electron chi connectivity index (χ0n) is 7.32. The summed E-state index contributed by atoms with van der Waals surface area (Å²) in [6.07, 6.45) is -9.18. The van der Waals surface area contributed by atoms with Crippen LogP contribution in [0, 0.1) is 0 Å². The van der Waals surface area contributed by atoms with E-state index in [4.69, 9.17) is 0 Å². The SMILES string of the molecule is C/C=C/C(=O)O[C@](F)(C(F)F)C(F)(F)F. The number of rotatable bonds is 3. The fourth-order valence-electron chi connectivity index (χ4n) is 0.543. The molecule has 0 amide bonds. The van der Waals surface area contributed by atoms with Crippen LogP contribution in [0.4, 0.5) is 26.3 Å². The normalized spacial score (nSPS) is 16.8. The highest BCUT2D eigenvalue weighted by Crippen LogP contribution is 2.39. The molecule has 1 atom stereocenters. The first kappa shape index (κ1) is 13.8. The van der Waals surface area contributed by atoms with Crippen LogP contribution in [-0.2, 0) is 9.53 Å². The van der Waals surface area contributed by atoms with E-state index >= 15 is 0 Å². The van der Waals surface area contributed by atoms with Gasteiger partial charge in [0.25, 0.3) is 0 Å². The molecule has 0 N–H and O–H groups in total. The van der Waals surface area contributed by atoms with Gasteiger partial charge in [0.15, 0.2) is 0 Å². The Morgan fingerprint density at radius 1 is 1.27 bits per heavy atom. The van der Waals surface area contributed by atoms with Crippen LogP contribution in [0.25, 0.3) is 0 Å². The molecule has 0 spiro atoms. The second-order valence-electron chi connectivity index (χ2n) is 2.36. The van der Waals surface area contributed by atoms with Crippen LogP contribution in [0.5, 0.6) is 0 Å². The largest absolute Gasteiger partial charge is 0.466 e. The Morgan fingerprint density at radius 3 is 2.00 bits per heavy atom. The molecule has 0 fully saturated rings. The minimum atomic E-state index is -5.99. The highest BCUT2D eigenvalue weighted by molar-refractivity contribution is 5.82. The van der Waals surface area contributed by atoms with E-state index in [-0.39, 0.29) is 0 Å². The fraction of sp³-hybridized carbons (Fsp3) is 0.571. The lowest BCUT2D eigenvalue weighted by Gasteiger charge is -2.25. The Bertz CT molecular complexity index is 259. The van der Waals surface area contributed by atoms with Crippen LogP contribution in [0.3, 0.4) is 0 Å². The van der Waals surface area contributed by atoms with Gasteiger partial charge in [0, 0.05) is 6.08 Å². The average molecular weight is 236 g/mol. The summed E-state index contributed by atoms with van der Waals surface area (Å²) in [5.74, 6) is -7.11. The van der Waals surface area contributed by atoms with E-state index < -0.39 is 24.4 Å². The molecule has 0 heterocycles. The molecule has 0 bridgehead atoms. The van der Waals surface area contributed by atoms with E-state index in [0.29, 0.717) is 6.08 Å². The number of hydrogen-bond acceptors (Lipinski definition) is 2. The molecule has 0 radical (unpaired) electrons. The summed E-state index contributed by atoms with van der Waals surface area (Å²) in [6, 6.07) is 0. The van der Waals surface area contributed by atoms with Gasteiger partial charge < -0.3 is 4.74 Å². The topological polar surface area (TPSA) is 26.3 Å². The predicted octanol–water partition coefficient (Wildman–Crippen LogP) is 2.60. The van der Waals surface area contributed by atoms with E-state index in [1.165, 1.54) is 6.92 Å². The molecule has 88 valence electrons. The van der Waals surface area contributed by atoms with Gasteiger partial charge in [0.05, 0.1) is 0 Å². The summed E-state index contributed by atoms with van der Waals surface area (Å²) in [6.45, 7) is 1.22. The van der Waals surface area contributed by atoms with E-state index in [0.717, 1.165) is 6.08 Å². The maximum absolute atomic E-state index is 12.6. The number of alkyl halides is 6. The number of ether oxygens (including phenoxy) is 1. The molecule has 0 aromatic rings. The summed E-state index contributed by atoms with van der Waals surface area (Å²) >= 11 is 0. The lowest BCUT2D eigenvalue weighted by atomic mass is 10.3. The second kappa shape index (κ2) is 4.54. The molecule has 0 saturated heterocycles. The van der Waals surface area contributed by atoms with Crippen LogP contribution in [0.15, 0.2) is 12.2 Å². The van der Waals surface area contributed by atoms with Crippen LogP contribution in [0.2, 0.25) is 0 Å². The minimum absolute atomic E-state index is 0.391. The fourth-order valence-corrected chi connectivity index (χ4v) is 0.543. The smallest absolute Gasteiger partial charge is 0.412 e. The van der Waals surface area contributed by atoms with Crippen LogP contribution >= 0.6 is 0 Å². The van der Waals surface area contributed by atoms with Crippen molar-refractivity contribution in [3.05, 3.63) is 12.2 Å². The molecule has 0 aliphatic carbocycles. The molecule has 15 heavy (non-hydrogen) atoms. The van der Waals surface area contributed by atoms with E-state index in [1.807, 2.05) is 0 Å². The van der Waals surface area contributed by atoms with E-state index in [2.05, 4.69) is 4.74 Å². The van der Waals surface area contributed by atoms with Crippen molar-refractivity contribution in [2.75, 3.05) is 0 Å². The van der Waals surface area contributed by atoms with Crippen LogP contribution < -0.4 is 0 Å². The highest BCUT2D eigenvalue weighted by atomic mass is 19.4. The molecule has 0 aromatic carbocycles. The minimum Gasteiger partial charge on any atom is -0.412 e. The van der Waals surface area contributed by atoms with E-state index in [1.54, 1.807) is 0 Å². The molecule has 0 unspecified atom stereocenters. The molecule has 8 heteroatoms. The Hall–Kier alpha value is -1.21. The number of hydrogen-bond donors (Lipinski definition) is 0. The second-order valence-corrected chi connectivity index (χ2v) is 2.36. The van der Waals surface area contributed by atoms with Crippen molar-refractivity contribution in [3.63, 3.8) is 0 Å². The van der Waals surface area contributed by atoms with Gasteiger partial charge in [0.1, 0.15) is 0 Å². The van der Waals surface area contributed by atoms with Gasteiger partial charge in [-0.25, -0.2) is 13.6 Å². The summed E-state index contributed by atoms with van der Waals surface area (Å²) < 4.78 is 74.6. The maximum atomic E-state index is 12.6. The monoisotopic (exact) mass is 236 g/mol. The summed E-state index contributed by atoms with van der Waals surface area (Å²) in [5.41, 5.74) is 0. The predicted molar refractivity (Wildman–Crippen MR) is 36.8 cm³/mol. The molecule has 0 rings (SSSR count). The van der Waals surface area contributed by atoms with Gasteiger partial charge in [0.2, 0.25) is 0 Å². The van der Waals surface area contributed by atoms with Crippen molar-refractivity contribution in [3.8, 4) is 0 Å². The Kier molecular flexibility index (Phi) is 4.17. The first-order chi connectivity index (χ1) is 6.65. The van der Waals surface area contributed by atoms with Crippen molar-refractivity contribution in [1.29, 1.82) is 0 Å². The molecule has 0 aliphatic heterocycles. The Balaban J connectivity index is 4.91. The van der Waals surface area contributed by atoms with Gasteiger partial charge in [-0.1, -0.05) is 6.08 Å². The van der Waals surface area contributed by atoms with Gasteiger partial charge in [-0.15, -0.1) is 0 Å². The van der Waals surface area contributed by atoms with Gasteiger partial charge in [-0.05, 0) is 6.92 Å². The Morgan fingerprint density at radius 2 is 1.73 bits per heavy atom. The number of halogens is 6. The molecule has 0 aliphatic rings. The third-order valence-electron chi connectivity index (χ3n) is 1.22. The quantitative estimate of drug-likeness (QED) is 0.427.